The van der Waals surface area contributed by atoms with Crippen molar-refractivity contribution in [2.24, 2.45) is 11.3 Å². The van der Waals surface area contributed by atoms with Crippen molar-refractivity contribution < 1.29 is 4.74 Å². The lowest BCUT2D eigenvalue weighted by Crippen LogP contribution is -2.35. The molecule has 3 unspecified atom stereocenters. The molecule has 1 rings (SSSR count). The summed E-state index contributed by atoms with van der Waals surface area (Å²) < 4.78 is 6.10. The summed E-state index contributed by atoms with van der Waals surface area (Å²) in [6.45, 7) is 13.6. The van der Waals surface area contributed by atoms with E-state index in [0.29, 0.717) is 17.6 Å². The van der Waals surface area contributed by atoms with Crippen molar-refractivity contribution in [3.8, 4) is 0 Å². The third-order valence-electron chi connectivity index (χ3n) is 4.54. The highest BCUT2D eigenvalue weighted by Gasteiger charge is 2.32. The van der Waals surface area contributed by atoms with E-state index in [1.54, 1.807) is 0 Å². The predicted octanol–water partition coefficient (Wildman–Crippen LogP) is 4.78. The molecular weight excluding hydrogens is 246 g/mol. The molecule has 120 valence electrons. The molecule has 0 aliphatic heterocycles. The van der Waals surface area contributed by atoms with E-state index in [2.05, 4.69) is 39.9 Å². The van der Waals surface area contributed by atoms with Gasteiger partial charge in [0.05, 0.1) is 12.7 Å². The Labute approximate surface area is 127 Å². The Kier molecular flexibility index (Phi) is 8.13. The van der Waals surface area contributed by atoms with Crippen molar-refractivity contribution in [1.29, 1.82) is 0 Å². The van der Waals surface area contributed by atoms with Gasteiger partial charge >= 0.3 is 0 Å². The molecule has 2 nitrogen and oxygen atoms in total. The van der Waals surface area contributed by atoms with Crippen LogP contribution in [0.2, 0.25) is 0 Å². The molecule has 2 heteroatoms. The van der Waals surface area contributed by atoms with Gasteiger partial charge in [0.15, 0.2) is 0 Å². The molecule has 0 aromatic carbocycles. The fourth-order valence-electron chi connectivity index (χ4n) is 3.72. The first-order chi connectivity index (χ1) is 9.43. The summed E-state index contributed by atoms with van der Waals surface area (Å²) in [6.07, 6.45) is 9.61. The van der Waals surface area contributed by atoms with Crippen molar-refractivity contribution in [3.05, 3.63) is 0 Å². The summed E-state index contributed by atoms with van der Waals surface area (Å²) >= 11 is 0. The summed E-state index contributed by atoms with van der Waals surface area (Å²) in [5.41, 5.74) is 0.462. The van der Waals surface area contributed by atoms with Gasteiger partial charge in [-0.3, -0.25) is 0 Å². The Morgan fingerprint density at radius 2 is 2.00 bits per heavy atom. The maximum atomic E-state index is 6.10. The average Bonchev–Trinajstić information content (AvgIpc) is 2.32. The number of hydrogen-bond donors (Lipinski definition) is 1. The number of nitrogens with one attached hydrogen (secondary N) is 1. The fourth-order valence-corrected chi connectivity index (χ4v) is 3.72. The minimum Gasteiger partial charge on any atom is -0.377 e. The lowest BCUT2D eigenvalue weighted by molar-refractivity contribution is -0.0218. The molecule has 0 radical (unpaired) electrons. The molecule has 0 spiro atoms. The van der Waals surface area contributed by atoms with Crippen molar-refractivity contribution in [3.63, 3.8) is 0 Å². The zero-order valence-corrected chi connectivity index (χ0v) is 14.5. The van der Waals surface area contributed by atoms with Crippen LogP contribution in [0.1, 0.15) is 79.6 Å². The van der Waals surface area contributed by atoms with Gasteiger partial charge in [-0.2, -0.15) is 0 Å². The summed E-state index contributed by atoms with van der Waals surface area (Å²) in [6, 6.07) is 0.631. The summed E-state index contributed by atoms with van der Waals surface area (Å²) in [5.74, 6) is 0.810. The first kappa shape index (κ1) is 18.0. The van der Waals surface area contributed by atoms with Crippen molar-refractivity contribution in [1.82, 2.24) is 5.32 Å². The second-order valence-corrected chi connectivity index (χ2v) is 7.76. The van der Waals surface area contributed by atoms with Crippen LogP contribution in [0.3, 0.4) is 0 Å². The largest absolute Gasteiger partial charge is 0.377 e. The van der Waals surface area contributed by atoms with Crippen LogP contribution in [0.5, 0.6) is 0 Å². The Bertz CT molecular complexity index is 252. The van der Waals surface area contributed by atoms with Crippen LogP contribution >= 0.6 is 0 Å². The van der Waals surface area contributed by atoms with Gasteiger partial charge in [0.1, 0.15) is 0 Å². The van der Waals surface area contributed by atoms with Gasteiger partial charge in [-0.1, -0.05) is 47.0 Å². The van der Waals surface area contributed by atoms with E-state index in [1.807, 2.05) is 0 Å². The highest BCUT2D eigenvalue weighted by atomic mass is 16.5. The standard InChI is InChI=1S/C18H37NO/c1-6-7-8-9-16(3)19-10-11-20-17-12-15(2)13-18(4,5)14-17/h15-17,19H,6-14H2,1-5H3. The topological polar surface area (TPSA) is 21.3 Å². The average molecular weight is 284 g/mol. The predicted molar refractivity (Wildman–Crippen MR) is 88.1 cm³/mol. The van der Waals surface area contributed by atoms with Crippen LogP contribution in [-0.2, 0) is 4.74 Å². The van der Waals surface area contributed by atoms with E-state index in [1.165, 1.54) is 44.9 Å². The third-order valence-corrected chi connectivity index (χ3v) is 4.54. The van der Waals surface area contributed by atoms with Gasteiger partial charge in [-0.05, 0) is 43.9 Å². The van der Waals surface area contributed by atoms with E-state index >= 15 is 0 Å². The van der Waals surface area contributed by atoms with Crippen LogP contribution in [-0.4, -0.2) is 25.3 Å². The van der Waals surface area contributed by atoms with Crippen molar-refractivity contribution >= 4 is 0 Å². The Balaban J connectivity index is 2.08. The Morgan fingerprint density at radius 1 is 1.25 bits per heavy atom. The molecule has 0 heterocycles. The molecular formula is C18H37NO. The molecule has 3 atom stereocenters. The minimum absolute atomic E-state index is 0.462. The van der Waals surface area contributed by atoms with Gasteiger partial charge in [0, 0.05) is 12.6 Å². The van der Waals surface area contributed by atoms with Gasteiger partial charge < -0.3 is 10.1 Å². The molecule has 0 aromatic heterocycles. The quantitative estimate of drug-likeness (QED) is 0.615. The molecule has 1 aliphatic rings. The van der Waals surface area contributed by atoms with Gasteiger partial charge in [-0.15, -0.1) is 0 Å². The lowest BCUT2D eigenvalue weighted by Gasteiger charge is -2.38. The molecule has 1 N–H and O–H groups in total. The lowest BCUT2D eigenvalue weighted by atomic mass is 9.71. The highest BCUT2D eigenvalue weighted by Crippen LogP contribution is 2.39. The Morgan fingerprint density at radius 3 is 2.65 bits per heavy atom. The molecule has 0 amide bonds. The van der Waals surface area contributed by atoms with E-state index in [4.69, 9.17) is 4.74 Å². The van der Waals surface area contributed by atoms with E-state index < -0.39 is 0 Å². The zero-order chi connectivity index (χ0) is 15.0. The maximum Gasteiger partial charge on any atom is 0.0594 e. The number of ether oxygens (including phenoxy) is 1. The van der Waals surface area contributed by atoms with Gasteiger partial charge in [-0.25, -0.2) is 0 Å². The number of rotatable bonds is 9. The summed E-state index contributed by atoms with van der Waals surface area (Å²) in [5, 5.41) is 3.59. The van der Waals surface area contributed by atoms with Crippen molar-refractivity contribution in [2.75, 3.05) is 13.2 Å². The first-order valence-electron chi connectivity index (χ1n) is 8.78. The van der Waals surface area contributed by atoms with Crippen LogP contribution < -0.4 is 5.32 Å². The van der Waals surface area contributed by atoms with Crippen LogP contribution in [0.4, 0.5) is 0 Å². The maximum absolute atomic E-state index is 6.10. The van der Waals surface area contributed by atoms with E-state index in [0.717, 1.165) is 19.1 Å². The first-order valence-corrected chi connectivity index (χ1v) is 8.78. The fraction of sp³-hybridized carbons (Fsp3) is 1.00. The van der Waals surface area contributed by atoms with Crippen LogP contribution in [0.25, 0.3) is 0 Å². The second kappa shape index (κ2) is 9.04. The molecule has 0 aromatic rings. The number of hydrogen-bond acceptors (Lipinski definition) is 2. The van der Waals surface area contributed by atoms with Crippen LogP contribution in [0, 0.1) is 11.3 Å². The zero-order valence-electron chi connectivity index (χ0n) is 14.5. The molecule has 20 heavy (non-hydrogen) atoms. The molecule has 1 saturated carbocycles. The highest BCUT2D eigenvalue weighted by molar-refractivity contribution is 4.83. The van der Waals surface area contributed by atoms with Gasteiger partial charge in [0.2, 0.25) is 0 Å². The smallest absolute Gasteiger partial charge is 0.0594 e. The SMILES string of the molecule is CCCCCC(C)NCCOC1CC(C)CC(C)(C)C1. The Hall–Kier alpha value is -0.0800. The van der Waals surface area contributed by atoms with Crippen LogP contribution in [0.15, 0.2) is 0 Å². The minimum atomic E-state index is 0.462. The van der Waals surface area contributed by atoms with E-state index in [-0.39, 0.29) is 0 Å². The number of unbranched alkanes of at least 4 members (excludes halogenated alkanes) is 2. The molecule has 0 saturated heterocycles. The normalized spacial score (nSPS) is 27.4. The summed E-state index contributed by atoms with van der Waals surface area (Å²) in [7, 11) is 0. The molecule has 0 bridgehead atoms. The monoisotopic (exact) mass is 283 g/mol. The van der Waals surface area contributed by atoms with Crippen molar-refractivity contribution in [2.45, 2.75) is 91.7 Å². The second-order valence-electron chi connectivity index (χ2n) is 7.76. The molecule has 1 aliphatic carbocycles. The van der Waals surface area contributed by atoms with E-state index in [9.17, 15) is 0 Å². The van der Waals surface area contributed by atoms with Gasteiger partial charge in [0.25, 0.3) is 0 Å². The summed E-state index contributed by atoms with van der Waals surface area (Å²) in [4.78, 5) is 0. The third kappa shape index (κ3) is 7.64. The molecule has 1 fully saturated rings.